The highest BCUT2D eigenvalue weighted by Crippen LogP contribution is 2.34. The van der Waals surface area contributed by atoms with Crippen LogP contribution in [-0.2, 0) is 33.4 Å². The Morgan fingerprint density at radius 1 is 0.786 bits per heavy atom. The van der Waals surface area contributed by atoms with Crippen molar-refractivity contribution in [2.24, 2.45) is 17.1 Å². The smallest absolute Gasteiger partial charge is 0.302 e. The van der Waals surface area contributed by atoms with Crippen LogP contribution in [0.2, 0.25) is 0 Å². The number of primary amides is 1. The summed E-state index contributed by atoms with van der Waals surface area (Å²) in [4.78, 5) is 46.3. The maximum Gasteiger partial charge on any atom is 0.302 e. The van der Waals surface area contributed by atoms with Gasteiger partial charge < -0.3 is 25.1 Å². The average Bonchev–Trinajstić information content (AvgIpc) is 2.60. The Morgan fingerprint density at radius 3 is 1.54 bits per heavy atom. The summed E-state index contributed by atoms with van der Waals surface area (Å²) in [5, 5.41) is 8.82. The van der Waals surface area contributed by atoms with Gasteiger partial charge in [-0.3, -0.25) is 19.2 Å². The molecule has 0 bridgehead atoms. The van der Waals surface area contributed by atoms with Gasteiger partial charge in [0, 0.05) is 27.4 Å². The highest BCUT2D eigenvalue weighted by Gasteiger charge is 2.45. The minimum atomic E-state index is -1.26. The Balaban J connectivity index is 5.43. The maximum absolute atomic E-state index is 12.2. The molecular formula is C19H33NO8. The number of aliphatic hydroxyl groups is 1. The van der Waals surface area contributed by atoms with Crippen LogP contribution in [-0.4, -0.2) is 55.3 Å². The number of unbranched alkanes of at least 4 members (excludes halogenated alkanes) is 4. The summed E-state index contributed by atoms with van der Waals surface area (Å²) >= 11 is 0. The van der Waals surface area contributed by atoms with Crippen LogP contribution in [0.15, 0.2) is 0 Å². The van der Waals surface area contributed by atoms with Crippen molar-refractivity contribution in [1.29, 1.82) is 0 Å². The Kier molecular flexibility index (Phi) is 12.9. The molecule has 0 aliphatic rings. The number of esters is 3. The van der Waals surface area contributed by atoms with E-state index < -0.39 is 35.1 Å². The zero-order valence-electron chi connectivity index (χ0n) is 17.0. The Morgan fingerprint density at radius 2 is 1.18 bits per heavy atom. The Bertz CT molecular complexity index is 475. The molecule has 1 amide bonds. The molecule has 0 radical (unpaired) electrons. The number of amides is 1. The fraction of sp³-hybridized carbons (Fsp3) is 0.789. The van der Waals surface area contributed by atoms with E-state index in [4.69, 9.17) is 25.1 Å². The lowest BCUT2D eigenvalue weighted by Crippen LogP contribution is -2.50. The summed E-state index contributed by atoms with van der Waals surface area (Å²) in [5.74, 6) is -3.23. The van der Waals surface area contributed by atoms with Crippen molar-refractivity contribution in [2.75, 3.05) is 26.4 Å². The number of carbonyl (C=O) groups excluding carboxylic acids is 4. The summed E-state index contributed by atoms with van der Waals surface area (Å²) < 4.78 is 15.3. The maximum atomic E-state index is 12.2. The van der Waals surface area contributed by atoms with Crippen LogP contribution in [0.3, 0.4) is 0 Å². The van der Waals surface area contributed by atoms with Crippen molar-refractivity contribution in [1.82, 2.24) is 0 Å². The lowest BCUT2D eigenvalue weighted by atomic mass is 9.73. The second kappa shape index (κ2) is 13.9. The molecule has 1 atom stereocenters. The van der Waals surface area contributed by atoms with E-state index in [9.17, 15) is 19.2 Å². The highest BCUT2D eigenvalue weighted by atomic mass is 16.6. The molecule has 162 valence electrons. The van der Waals surface area contributed by atoms with Crippen LogP contribution in [0.1, 0.15) is 59.3 Å². The summed E-state index contributed by atoms with van der Waals surface area (Å²) in [5.41, 5.74) is 4.35. The van der Waals surface area contributed by atoms with E-state index in [1.165, 1.54) is 20.8 Å². The first-order chi connectivity index (χ1) is 13.1. The van der Waals surface area contributed by atoms with Crippen molar-refractivity contribution >= 4 is 23.8 Å². The van der Waals surface area contributed by atoms with Gasteiger partial charge in [0.1, 0.15) is 19.8 Å². The van der Waals surface area contributed by atoms with E-state index >= 15 is 0 Å². The number of hydrogen-bond acceptors (Lipinski definition) is 8. The summed E-state index contributed by atoms with van der Waals surface area (Å²) in [6, 6.07) is 0. The lowest BCUT2D eigenvalue weighted by molar-refractivity contribution is -0.168. The number of rotatable bonds is 15. The van der Waals surface area contributed by atoms with Gasteiger partial charge in [-0.25, -0.2) is 0 Å². The molecule has 0 aliphatic heterocycles. The lowest BCUT2D eigenvalue weighted by Gasteiger charge is -2.37. The van der Waals surface area contributed by atoms with Crippen LogP contribution in [0.5, 0.6) is 0 Å². The van der Waals surface area contributed by atoms with Crippen LogP contribution < -0.4 is 5.73 Å². The van der Waals surface area contributed by atoms with Gasteiger partial charge >= 0.3 is 17.9 Å². The molecule has 0 spiro atoms. The second-order valence-electron chi connectivity index (χ2n) is 6.94. The van der Waals surface area contributed by atoms with Crippen LogP contribution in [0.25, 0.3) is 0 Å². The first-order valence-electron chi connectivity index (χ1n) is 9.45. The molecule has 0 aromatic rings. The second-order valence-corrected chi connectivity index (χ2v) is 6.94. The summed E-state index contributed by atoms with van der Waals surface area (Å²) in [7, 11) is 0. The minimum Gasteiger partial charge on any atom is -0.465 e. The van der Waals surface area contributed by atoms with Crippen molar-refractivity contribution in [3.8, 4) is 0 Å². The number of nitrogens with two attached hydrogens (primary N) is 1. The topological polar surface area (TPSA) is 142 Å². The Labute approximate surface area is 165 Å². The van der Waals surface area contributed by atoms with Crippen LogP contribution in [0, 0.1) is 11.3 Å². The van der Waals surface area contributed by atoms with E-state index in [0.29, 0.717) is 19.3 Å². The zero-order valence-corrected chi connectivity index (χ0v) is 17.0. The standard InChI is InChI=1S/C19H33NO8/c1-14(22)26-11-19(12-27-15(2)23,13-28-16(3)24)17(18(20)25)9-7-5-4-6-8-10-21/h17,21H,4-13H2,1-3H3,(H2,20,25). The quantitative estimate of drug-likeness (QED) is 0.235. The first-order valence-corrected chi connectivity index (χ1v) is 9.45. The van der Waals surface area contributed by atoms with Crippen LogP contribution >= 0.6 is 0 Å². The van der Waals surface area contributed by atoms with Gasteiger partial charge in [-0.2, -0.15) is 0 Å². The van der Waals surface area contributed by atoms with Gasteiger partial charge in [-0.15, -0.1) is 0 Å². The van der Waals surface area contributed by atoms with Gasteiger partial charge in [0.05, 0.1) is 11.3 Å². The molecule has 0 aromatic heterocycles. The van der Waals surface area contributed by atoms with Crippen molar-refractivity contribution < 1.29 is 38.5 Å². The molecule has 0 aromatic carbocycles. The summed E-state index contributed by atoms with van der Waals surface area (Å²) in [6.45, 7) is 2.94. The number of hydrogen-bond donors (Lipinski definition) is 2. The predicted molar refractivity (Wildman–Crippen MR) is 99.8 cm³/mol. The fourth-order valence-corrected chi connectivity index (χ4v) is 2.90. The van der Waals surface area contributed by atoms with E-state index in [1.54, 1.807) is 0 Å². The van der Waals surface area contributed by atoms with Gasteiger partial charge in [-0.05, 0) is 12.8 Å². The first kappa shape index (κ1) is 25.8. The molecule has 9 nitrogen and oxygen atoms in total. The molecule has 9 heteroatoms. The average molecular weight is 403 g/mol. The Hall–Kier alpha value is -2.16. The SMILES string of the molecule is CC(=O)OCC(COC(C)=O)(COC(C)=O)C(CCCCCCCO)C(N)=O. The third-order valence-electron chi connectivity index (χ3n) is 4.42. The summed E-state index contributed by atoms with van der Waals surface area (Å²) in [6.07, 6.45) is 4.30. The number of carbonyl (C=O) groups is 4. The minimum absolute atomic E-state index is 0.139. The van der Waals surface area contributed by atoms with Gasteiger partial charge in [-0.1, -0.05) is 25.7 Å². The van der Waals surface area contributed by atoms with Crippen LogP contribution in [0.4, 0.5) is 0 Å². The third kappa shape index (κ3) is 10.9. The number of ether oxygens (including phenoxy) is 3. The molecule has 0 saturated heterocycles. The predicted octanol–water partition coefficient (Wildman–Crippen LogP) is 1.10. The van der Waals surface area contributed by atoms with E-state index in [-0.39, 0.29) is 26.4 Å². The molecule has 0 fully saturated rings. The highest BCUT2D eigenvalue weighted by molar-refractivity contribution is 5.78. The molecule has 0 saturated carbocycles. The molecule has 1 unspecified atom stereocenters. The molecule has 0 rings (SSSR count). The monoisotopic (exact) mass is 403 g/mol. The molecular weight excluding hydrogens is 370 g/mol. The van der Waals surface area contributed by atoms with E-state index in [0.717, 1.165) is 19.3 Å². The van der Waals surface area contributed by atoms with E-state index in [2.05, 4.69) is 0 Å². The molecule has 28 heavy (non-hydrogen) atoms. The van der Waals surface area contributed by atoms with Gasteiger partial charge in [0.15, 0.2) is 0 Å². The third-order valence-corrected chi connectivity index (χ3v) is 4.42. The molecule has 0 aliphatic carbocycles. The van der Waals surface area contributed by atoms with E-state index in [1.807, 2.05) is 0 Å². The van der Waals surface area contributed by atoms with Crippen molar-refractivity contribution in [2.45, 2.75) is 59.3 Å². The van der Waals surface area contributed by atoms with Crippen molar-refractivity contribution in [3.05, 3.63) is 0 Å². The largest absolute Gasteiger partial charge is 0.465 e. The van der Waals surface area contributed by atoms with Gasteiger partial charge in [0.2, 0.25) is 5.91 Å². The zero-order chi connectivity index (χ0) is 21.6. The van der Waals surface area contributed by atoms with Crippen molar-refractivity contribution in [3.63, 3.8) is 0 Å². The molecule has 3 N–H and O–H groups in total. The molecule has 0 heterocycles. The normalized spacial score (nSPS) is 12.1. The fourth-order valence-electron chi connectivity index (χ4n) is 2.90. The van der Waals surface area contributed by atoms with Gasteiger partial charge in [0.25, 0.3) is 0 Å². The number of aliphatic hydroxyl groups excluding tert-OH is 1.